The summed E-state index contributed by atoms with van der Waals surface area (Å²) in [6.45, 7) is 11.0. The third-order valence-corrected chi connectivity index (χ3v) is 3.65. The first kappa shape index (κ1) is 16.5. The molecule has 0 bridgehead atoms. The van der Waals surface area contributed by atoms with Gasteiger partial charge in [-0.15, -0.1) is 0 Å². The van der Waals surface area contributed by atoms with Crippen LogP contribution < -0.4 is 0 Å². The minimum atomic E-state index is -0.308. The zero-order valence-corrected chi connectivity index (χ0v) is 13.6. The molecule has 1 aromatic carbocycles. The second-order valence-electron chi connectivity index (χ2n) is 7.06. The molecule has 0 radical (unpaired) electrons. The Morgan fingerprint density at radius 1 is 1.26 bits per heavy atom. The summed E-state index contributed by atoms with van der Waals surface area (Å²) >= 11 is 6.21. The van der Waals surface area contributed by atoms with E-state index < -0.39 is 0 Å². The van der Waals surface area contributed by atoms with Crippen molar-refractivity contribution in [2.45, 2.75) is 60.0 Å². The first-order chi connectivity index (χ1) is 8.67. The standard InChI is InChI=1S/C17H27ClO/c1-12-6-7-14(16(18)9-12)10-15(19)8-13(2)11-17(3,4)5/h6-7,9,13,15,19H,8,10-11H2,1-5H3. The van der Waals surface area contributed by atoms with Crippen LogP contribution in [-0.2, 0) is 6.42 Å². The fraction of sp³-hybridized carbons (Fsp3) is 0.647. The molecular formula is C17H27ClO. The van der Waals surface area contributed by atoms with Crippen LogP contribution in [0.4, 0.5) is 0 Å². The third-order valence-electron chi connectivity index (χ3n) is 3.30. The van der Waals surface area contributed by atoms with Crippen LogP contribution in [0.25, 0.3) is 0 Å². The molecule has 0 aliphatic carbocycles. The van der Waals surface area contributed by atoms with Gasteiger partial charge in [0.1, 0.15) is 0 Å². The van der Waals surface area contributed by atoms with Gasteiger partial charge in [0.25, 0.3) is 0 Å². The van der Waals surface area contributed by atoms with Crippen molar-refractivity contribution in [2.75, 3.05) is 0 Å². The van der Waals surface area contributed by atoms with E-state index in [4.69, 9.17) is 11.6 Å². The largest absolute Gasteiger partial charge is 0.393 e. The Labute approximate surface area is 123 Å². The summed E-state index contributed by atoms with van der Waals surface area (Å²) in [7, 11) is 0. The minimum Gasteiger partial charge on any atom is -0.393 e. The van der Waals surface area contributed by atoms with E-state index in [0.29, 0.717) is 17.8 Å². The molecule has 2 unspecified atom stereocenters. The Balaban J connectivity index is 2.53. The van der Waals surface area contributed by atoms with Crippen molar-refractivity contribution in [1.82, 2.24) is 0 Å². The molecule has 19 heavy (non-hydrogen) atoms. The maximum atomic E-state index is 10.2. The number of aryl methyl sites for hydroxylation is 1. The topological polar surface area (TPSA) is 20.2 Å². The van der Waals surface area contributed by atoms with Gasteiger partial charge in [-0.2, -0.15) is 0 Å². The maximum absolute atomic E-state index is 10.2. The Hall–Kier alpha value is -0.530. The van der Waals surface area contributed by atoms with E-state index in [-0.39, 0.29) is 6.10 Å². The molecule has 1 nitrogen and oxygen atoms in total. The van der Waals surface area contributed by atoms with Crippen LogP contribution in [-0.4, -0.2) is 11.2 Å². The lowest BCUT2D eigenvalue weighted by Gasteiger charge is -2.25. The van der Waals surface area contributed by atoms with Gasteiger partial charge in [-0.05, 0) is 54.7 Å². The highest BCUT2D eigenvalue weighted by molar-refractivity contribution is 6.31. The smallest absolute Gasteiger partial charge is 0.0583 e. The van der Waals surface area contributed by atoms with E-state index in [2.05, 4.69) is 27.7 Å². The molecule has 0 amide bonds. The van der Waals surface area contributed by atoms with E-state index in [9.17, 15) is 5.11 Å². The molecule has 0 saturated carbocycles. The number of hydrogen-bond acceptors (Lipinski definition) is 1. The summed E-state index contributed by atoms with van der Waals surface area (Å²) in [5, 5.41) is 11.0. The Kier molecular flexibility index (Phi) is 5.88. The lowest BCUT2D eigenvalue weighted by molar-refractivity contribution is 0.133. The monoisotopic (exact) mass is 282 g/mol. The first-order valence-corrected chi connectivity index (χ1v) is 7.48. The number of benzene rings is 1. The van der Waals surface area contributed by atoms with Gasteiger partial charge in [-0.25, -0.2) is 0 Å². The molecular weight excluding hydrogens is 256 g/mol. The average molecular weight is 283 g/mol. The van der Waals surface area contributed by atoms with E-state index in [0.717, 1.165) is 29.0 Å². The molecule has 0 aliphatic rings. The Bertz CT molecular complexity index is 406. The lowest BCUT2D eigenvalue weighted by Crippen LogP contribution is -2.19. The fourth-order valence-electron chi connectivity index (χ4n) is 2.75. The molecule has 0 saturated heterocycles. The summed E-state index contributed by atoms with van der Waals surface area (Å²) in [5.74, 6) is 0.527. The van der Waals surface area contributed by atoms with Crippen molar-refractivity contribution in [3.8, 4) is 0 Å². The second kappa shape index (κ2) is 6.76. The van der Waals surface area contributed by atoms with Crippen LogP contribution >= 0.6 is 11.6 Å². The number of aliphatic hydroxyl groups excluding tert-OH is 1. The van der Waals surface area contributed by atoms with Gasteiger partial charge >= 0.3 is 0 Å². The van der Waals surface area contributed by atoms with Crippen LogP contribution in [0, 0.1) is 18.3 Å². The predicted octanol–water partition coefficient (Wildman–Crippen LogP) is 5.01. The number of hydrogen-bond donors (Lipinski definition) is 1. The highest BCUT2D eigenvalue weighted by Gasteiger charge is 2.18. The molecule has 1 N–H and O–H groups in total. The average Bonchev–Trinajstić information content (AvgIpc) is 2.19. The molecule has 1 rings (SSSR count). The normalized spacial score (nSPS) is 15.3. The van der Waals surface area contributed by atoms with Crippen molar-refractivity contribution in [3.63, 3.8) is 0 Å². The predicted molar refractivity (Wildman–Crippen MR) is 83.8 cm³/mol. The van der Waals surface area contributed by atoms with Gasteiger partial charge < -0.3 is 5.11 Å². The van der Waals surface area contributed by atoms with Crippen LogP contribution in [0.15, 0.2) is 18.2 Å². The molecule has 0 aliphatic heterocycles. The number of aliphatic hydroxyl groups is 1. The maximum Gasteiger partial charge on any atom is 0.0583 e. The number of halogens is 1. The van der Waals surface area contributed by atoms with E-state index in [1.807, 2.05) is 25.1 Å². The molecule has 2 atom stereocenters. The summed E-state index contributed by atoms with van der Waals surface area (Å²) in [6.07, 6.45) is 2.30. The fourth-order valence-corrected chi connectivity index (χ4v) is 3.06. The Morgan fingerprint density at radius 2 is 1.89 bits per heavy atom. The van der Waals surface area contributed by atoms with Crippen LogP contribution in [0.1, 0.15) is 51.7 Å². The molecule has 0 spiro atoms. The van der Waals surface area contributed by atoms with E-state index >= 15 is 0 Å². The van der Waals surface area contributed by atoms with Crippen molar-refractivity contribution >= 4 is 11.6 Å². The minimum absolute atomic E-state index is 0.308. The molecule has 0 fully saturated rings. The van der Waals surface area contributed by atoms with Crippen molar-refractivity contribution < 1.29 is 5.11 Å². The summed E-state index contributed by atoms with van der Waals surface area (Å²) < 4.78 is 0. The zero-order valence-electron chi connectivity index (χ0n) is 12.8. The number of rotatable bonds is 5. The molecule has 0 aromatic heterocycles. The second-order valence-corrected chi connectivity index (χ2v) is 7.47. The quantitative estimate of drug-likeness (QED) is 0.804. The van der Waals surface area contributed by atoms with Gasteiger partial charge in [0.2, 0.25) is 0 Å². The SMILES string of the molecule is Cc1ccc(CC(O)CC(C)CC(C)(C)C)c(Cl)c1. The van der Waals surface area contributed by atoms with Crippen molar-refractivity contribution in [2.24, 2.45) is 11.3 Å². The van der Waals surface area contributed by atoms with Gasteiger partial charge in [-0.1, -0.05) is 51.4 Å². The molecule has 2 heteroatoms. The molecule has 1 aromatic rings. The summed E-state index contributed by atoms with van der Waals surface area (Å²) in [4.78, 5) is 0. The lowest BCUT2D eigenvalue weighted by atomic mass is 9.82. The third kappa shape index (κ3) is 6.44. The highest BCUT2D eigenvalue weighted by atomic mass is 35.5. The zero-order chi connectivity index (χ0) is 14.6. The molecule has 108 valence electrons. The van der Waals surface area contributed by atoms with Gasteiger partial charge in [0, 0.05) is 5.02 Å². The van der Waals surface area contributed by atoms with Gasteiger partial charge in [0.05, 0.1) is 6.10 Å². The Morgan fingerprint density at radius 3 is 2.42 bits per heavy atom. The highest BCUT2D eigenvalue weighted by Crippen LogP contribution is 2.28. The van der Waals surface area contributed by atoms with Crippen LogP contribution in [0.3, 0.4) is 0 Å². The summed E-state index contributed by atoms with van der Waals surface area (Å²) in [5.41, 5.74) is 2.52. The van der Waals surface area contributed by atoms with Gasteiger partial charge in [0.15, 0.2) is 0 Å². The van der Waals surface area contributed by atoms with E-state index in [1.54, 1.807) is 0 Å². The summed E-state index contributed by atoms with van der Waals surface area (Å²) in [6, 6.07) is 6.03. The van der Waals surface area contributed by atoms with E-state index in [1.165, 1.54) is 0 Å². The van der Waals surface area contributed by atoms with Crippen molar-refractivity contribution in [3.05, 3.63) is 34.3 Å². The van der Waals surface area contributed by atoms with Gasteiger partial charge in [-0.3, -0.25) is 0 Å². The first-order valence-electron chi connectivity index (χ1n) is 7.10. The molecule has 0 heterocycles. The van der Waals surface area contributed by atoms with Crippen molar-refractivity contribution in [1.29, 1.82) is 0 Å². The van der Waals surface area contributed by atoms with Crippen LogP contribution in [0.2, 0.25) is 5.02 Å². The van der Waals surface area contributed by atoms with Crippen LogP contribution in [0.5, 0.6) is 0 Å².